The van der Waals surface area contributed by atoms with Gasteiger partial charge in [-0.1, -0.05) is 30.3 Å². The van der Waals surface area contributed by atoms with Crippen molar-refractivity contribution in [1.82, 2.24) is 19.9 Å². The molecule has 1 aromatic heterocycles. The van der Waals surface area contributed by atoms with Gasteiger partial charge in [-0.15, -0.1) is 0 Å². The van der Waals surface area contributed by atoms with Crippen molar-refractivity contribution in [3.63, 3.8) is 0 Å². The monoisotopic (exact) mass is 493 g/mol. The molecule has 2 unspecified atom stereocenters. The van der Waals surface area contributed by atoms with Crippen molar-refractivity contribution >= 4 is 17.5 Å². The predicted octanol–water partition coefficient (Wildman–Crippen LogP) is 4.10. The van der Waals surface area contributed by atoms with E-state index in [1.807, 2.05) is 38.1 Å². The Bertz CT molecular complexity index is 1200. The summed E-state index contributed by atoms with van der Waals surface area (Å²) in [6, 6.07) is 13.2. The number of hydrogen-bond acceptors (Lipinski definition) is 6. The van der Waals surface area contributed by atoms with E-state index in [0.717, 1.165) is 37.1 Å². The first-order valence-electron chi connectivity index (χ1n) is 12.3. The number of anilines is 1. The molecule has 8 nitrogen and oxygen atoms in total. The Morgan fingerprint density at radius 3 is 2.72 bits per heavy atom. The van der Waals surface area contributed by atoms with Crippen molar-refractivity contribution < 1.29 is 18.5 Å². The Labute approximate surface area is 210 Å². The molecule has 3 aromatic rings. The highest BCUT2D eigenvalue weighted by Gasteiger charge is 2.32. The van der Waals surface area contributed by atoms with Crippen molar-refractivity contribution in [2.45, 2.75) is 45.1 Å². The largest absolute Gasteiger partial charge is 0.339 e. The van der Waals surface area contributed by atoms with Gasteiger partial charge < -0.3 is 14.7 Å². The van der Waals surface area contributed by atoms with Gasteiger partial charge in [0.15, 0.2) is 0 Å². The first-order valence-corrected chi connectivity index (χ1v) is 12.3. The van der Waals surface area contributed by atoms with E-state index in [1.165, 1.54) is 17.0 Å². The second kappa shape index (κ2) is 11.4. The van der Waals surface area contributed by atoms with Gasteiger partial charge in [-0.25, -0.2) is 4.39 Å². The van der Waals surface area contributed by atoms with Crippen LogP contribution >= 0.6 is 0 Å². The fraction of sp³-hybridized carbons (Fsp3) is 0.407. The summed E-state index contributed by atoms with van der Waals surface area (Å²) in [7, 11) is 1.65. The van der Waals surface area contributed by atoms with E-state index in [2.05, 4.69) is 20.4 Å². The van der Waals surface area contributed by atoms with Crippen LogP contribution in [0.5, 0.6) is 0 Å². The highest BCUT2D eigenvalue weighted by atomic mass is 19.1. The molecular formula is C27H32FN5O3. The zero-order valence-electron chi connectivity index (χ0n) is 20.9. The Morgan fingerprint density at radius 1 is 1.22 bits per heavy atom. The molecule has 36 heavy (non-hydrogen) atoms. The zero-order valence-corrected chi connectivity index (χ0v) is 20.9. The molecule has 2 heterocycles. The number of nitrogens with zero attached hydrogens (tertiary/aromatic N) is 4. The predicted molar refractivity (Wildman–Crippen MR) is 135 cm³/mol. The lowest BCUT2D eigenvalue weighted by atomic mass is 9.96. The van der Waals surface area contributed by atoms with Gasteiger partial charge in [0, 0.05) is 24.8 Å². The van der Waals surface area contributed by atoms with Gasteiger partial charge in [-0.05, 0) is 68.6 Å². The Balaban J connectivity index is 1.34. The number of hydrogen-bond donors (Lipinski definition) is 1. The number of para-hydroxylation sites is 1. The summed E-state index contributed by atoms with van der Waals surface area (Å²) in [5, 5.41) is 6.98. The number of aromatic nitrogens is 2. The summed E-state index contributed by atoms with van der Waals surface area (Å²) in [6.45, 7) is 5.24. The van der Waals surface area contributed by atoms with E-state index in [4.69, 9.17) is 4.52 Å². The van der Waals surface area contributed by atoms with Gasteiger partial charge in [-0.2, -0.15) is 4.98 Å². The third kappa shape index (κ3) is 5.96. The first-order chi connectivity index (χ1) is 17.4. The van der Waals surface area contributed by atoms with Crippen LogP contribution in [0.15, 0.2) is 53.1 Å². The molecule has 0 radical (unpaired) electrons. The van der Waals surface area contributed by atoms with Crippen molar-refractivity contribution in [2.24, 2.45) is 0 Å². The Hall–Kier alpha value is -3.59. The second-order valence-electron chi connectivity index (χ2n) is 9.23. The molecule has 1 aliphatic rings. The third-order valence-corrected chi connectivity index (χ3v) is 6.68. The lowest BCUT2D eigenvalue weighted by Gasteiger charge is -2.36. The van der Waals surface area contributed by atoms with Crippen molar-refractivity contribution in [2.75, 3.05) is 32.0 Å². The first kappa shape index (κ1) is 25.5. The van der Waals surface area contributed by atoms with Gasteiger partial charge in [0.05, 0.1) is 18.5 Å². The average Bonchev–Trinajstić information content (AvgIpc) is 3.39. The number of likely N-dealkylation sites (tertiary alicyclic amines) is 1. The third-order valence-electron chi connectivity index (χ3n) is 6.68. The van der Waals surface area contributed by atoms with Gasteiger partial charge in [0.25, 0.3) is 0 Å². The van der Waals surface area contributed by atoms with Gasteiger partial charge >= 0.3 is 0 Å². The van der Waals surface area contributed by atoms with E-state index in [1.54, 1.807) is 19.2 Å². The van der Waals surface area contributed by atoms with E-state index < -0.39 is 6.04 Å². The van der Waals surface area contributed by atoms with Crippen molar-refractivity contribution in [3.05, 3.63) is 65.8 Å². The molecular weight excluding hydrogens is 461 g/mol. The summed E-state index contributed by atoms with van der Waals surface area (Å²) in [6.07, 6.45) is 2.57. The highest BCUT2D eigenvalue weighted by Crippen LogP contribution is 2.29. The number of halogens is 1. The van der Waals surface area contributed by atoms with Crippen LogP contribution in [0.3, 0.4) is 0 Å². The number of amides is 2. The molecule has 1 fully saturated rings. The maximum Gasteiger partial charge on any atom is 0.243 e. The second-order valence-corrected chi connectivity index (χ2v) is 9.23. The molecule has 0 spiro atoms. The van der Waals surface area contributed by atoms with E-state index in [0.29, 0.717) is 23.8 Å². The van der Waals surface area contributed by atoms with Crippen molar-refractivity contribution in [1.29, 1.82) is 0 Å². The number of benzene rings is 2. The van der Waals surface area contributed by atoms with Gasteiger partial charge in [0.1, 0.15) is 5.82 Å². The number of rotatable bonds is 8. The maximum absolute atomic E-state index is 13.2. The van der Waals surface area contributed by atoms with Crippen LogP contribution in [0.2, 0.25) is 0 Å². The molecule has 1 N–H and O–H groups in total. The van der Waals surface area contributed by atoms with E-state index in [-0.39, 0.29) is 30.1 Å². The summed E-state index contributed by atoms with van der Waals surface area (Å²) in [5.74, 6) is 0.261. The summed E-state index contributed by atoms with van der Waals surface area (Å²) in [5.41, 5.74) is 2.51. The van der Waals surface area contributed by atoms with Gasteiger partial charge in [-0.3, -0.25) is 14.5 Å². The van der Waals surface area contributed by atoms with E-state index in [9.17, 15) is 14.0 Å². The maximum atomic E-state index is 13.2. The molecule has 0 aliphatic carbocycles. The average molecular weight is 494 g/mol. The van der Waals surface area contributed by atoms with Crippen LogP contribution < -0.4 is 5.32 Å². The number of piperidine rings is 1. The molecule has 9 heteroatoms. The Morgan fingerprint density at radius 2 is 1.97 bits per heavy atom. The fourth-order valence-electron chi connectivity index (χ4n) is 4.59. The zero-order chi connectivity index (χ0) is 25.7. The molecule has 2 atom stereocenters. The number of likely N-dealkylation sites (N-methyl/N-ethyl adjacent to an activating group) is 1. The normalized spacial score (nSPS) is 16.9. The smallest absolute Gasteiger partial charge is 0.243 e. The van der Waals surface area contributed by atoms with Crippen molar-refractivity contribution in [3.8, 4) is 11.4 Å². The number of carbonyl (C=O) groups is 2. The van der Waals surface area contributed by atoms with Crippen LogP contribution in [-0.4, -0.2) is 64.5 Å². The lowest BCUT2D eigenvalue weighted by molar-refractivity contribution is -0.138. The quantitative estimate of drug-likeness (QED) is 0.508. The summed E-state index contributed by atoms with van der Waals surface area (Å²) in [4.78, 5) is 33.8. The van der Waals surface area contributed by atoms with Crippen LogP contribution in [0, 0.1) is 5.82 Å². The molecule has 190 valence electrons. The minimum atomic E-state index is -0.395. The number of nitrogens with one attached hydrogen (secondary N) is 1. The minimum absolute atomic E-state index is 0.00477. The topological polar surface area (TPSA) is 91.6 Å². The molecule has 2 amide bonds. The van der Waals surface area contributed by atoms with E-state index >= 15 is 0 Å². The Kier molecular flexibility index (Phi) is 8.10. The standard InChI is InChI=1S/C27H32FN5O3/c1-4-19-8-5-6-10-23(19)29-24(34)17-32(3)27(35)18(2)33-15-7-9-21(16-33)26-30-25(31-36-26)20-11-13-22(28)14-12-20/h5-6,8,10-14,18,21H,4,7,9,15-17H2,1-3H3,(H,29,34). The lowest BCUT2D eigenvalue weighted by Crippen LogP contribution is -2.50. The number of carbonyl (C=O) groups excluding carboxylic acids is 2. The van der Waals surface area contributed by atoms with Crippen LogP contribution in [0.4, 0.5) is 10.1 Å². The molecule has 4 rings (SSSR count). The van der Waals surface area contributed by atoms with Crippen LogP contribution in [0.25, 0.3) is 11.4 Å². The van der Waals surface area contributed by atoms with Crippen LogP contribution in [0.1, 0.15) is 44.1 Å². The van der Waals surface area contributed by atoms with Gasteiger partial charge in [0.2, 0.25) is 23.5 Å². The molecule has 2 aromatic carbocycles. The highest BCUT2D eigenvalue weighted by molar-refractivity contribution is 5.95. The molecule has 1 aliphatic heterocycles. The molecule has 0 saturated carbocycles. The van der Waals surface area contributed by atoms with Crippen LogP contribution in [-0.2, 0) is 16.0 Å². The molecule has 0 bridgehead atoms. The molecule has 1 saturated heterocycles. The SMILES string of the molecule is CCc1ccccc1NC(=O)CN(C)C(=O)C(C)N1CCCC(c2nc(-c3ccc(F)cc3)no2)C1. The minimum Gasteiger partial charge on any atom is -0.339 e. The summed E-state index contributed by atoms with van der Waals surface area (Å²) < 4.78 is 18.7. The fourth-order valence-corrected chi connectivity index (χ4v) is 4.59. The number of aryl methyl sites for hydroxylation is 1. The summed E-state index contributed by atoms with van der Waals surface area (Å²) >= 11 is 0.